The summed E-state index contributed by atoms with van der Waals surface area (Å²) in [6.45, 7) is 12.0. The van der Waals surface area contributed by atoms with Gasteiger partial charge in [-0.25, -0.2) is 0 Å². The predicted octanol–water partition coefficient (Wildman–Crippen LogP) is 3.98. The second kappa shape index (κ2) is 9.63. The van der Waals surface area contributed by atoms with E-state index < -0.39 is 0 Å². The number of nitrogens with one attached hydrogen (secondary N) is 1. The van der Waals surface area contributed by atoms with E-state index in [1.165, 1.54) is 16.7 Å². The predicted molar refractivity (Wildman–Crippen MR) is 125 cm³/mol. The SMILES string of the molecule is Cc1ccc(-c2noc(C(C)N3CCN(CC(=O)Nc4ccc(C)c(C)c4)CC3)n2)cc1. The Morgan fingerprint density at radius 2 is 1.75 bits per heavy atom. The Morgan fingerprint density at radius 1 is 1.03 bits per heavy atom. The van der Waals surface area contributed by atoms with Gasteiger partial charge in [-0.3, -0.25) is 14.6 Å². The third-order valence-electron chi connectivity index (χ3n) is 6.22. The number of carbonyl (C=O) groups excluding carboxylic acids is 1. The molecule has 7 nitrogen and oxygen atoms in total. The van der Waals surface area contributed by atoms with Crippen LogP contribution in [0.5, 0.6) is 0 Å². The highest BCUT2D eigenvalue weighted by molar-refractivity contribution is 5.92. The van der Waals surface area contributed by atoms with Crippen molar-refractivity contribution in [1.82, 2.24) is 19.9 Å². The van der Waals surface area contributed by atoms with Crippen molar-refractivity contribution in [3.63, 3.8) is 0 Å². The normalized spacial score (nSPS) is 16.1. The molecular weight excluding hydrogens is 402 g/mol. The van der Waals surface area contributed by atoms with E-state index in [1.807, 2.05) is 42.5 Å². The fourth-order valence-electron chi connectivity index (χ4n) is 3.91. The average Bonchev–Trinajstić information content (AvgIpc) is 3.27. The van der Waals surface area contributed by atoms with E-state index in [4.69, 9.17) is 4.52 Å². The van der Waals surface area contributed by atoms with Crippen LogP contribution in [0.3, 0.4) is 0 Å². The molecule has 1 fully saturated rings. The summed E-state index contributed by atoms with van der Waals surface area (Å²) in [5, 5.41) is 7.17. The van der Waals surface area contributed by atoms with Crippen molar-refractivity contribution in [1.29, 1.82) is 0 Å². The Labute approximate surface area is 189 Å². The van der Waals surface area contributed by atoms with Gasteiger partial charge in [0.1, 0.15) is 0 Å². The van der Waals surface area contributed by atoms with Gasteiger partial charge in [0.2, 0.25) is 17.6 Å². The summed E-state index contributed by atoms with van der Waals surface area (Å²) in [6, 6.07) is 14.2. The first-order valence-corrected chi connectivity index (χ1v) is 11.1. The Bertz CT molecular complexity index is 1070. The number of piperazine rings is 1. The largest absolute Gasteiger partial charge is 0.337 e. The lowest BCUT2D eigenvalue weighted by Crippen LogP contribution is -2.49. The molecule has 0 bridgehead atoms. The monoisotopic (exact) mass is 433 g/mol. The molecule has 2 aromatic carbocycles. The Kier molecular flexibility index (Phi) is 6.67. The first-order valence-electron chi connectivity index (χ1n) is 11.1. The van der Waals surface area contributed by atoms with Gasteiger partial charge < -0.3 is 9.84 Å². The van der Waals surface area contributed by atoms with E-state index in [-0.39, 0.29) is 11.9 Å². The lowest BCUT2D eigenvalue weighted by atomic mass is 10.1. The molecule has 1 N–H and O–H groups in total. The highest BCUT2D eigenvalue weighted by Gasteiger charge is 2.26. The molecule has 1 saturated heterocycles. The Balaban J connectivity index is 1.28. The quantitative estimate of drug-likeness (QED) is 0.634. The van der Waals surface area contributed by atoms with E-state index in [1.54, 1.807) is 0 Å². The molecule has 1 unspecified atom stereocenters. The average molecular weight is 434 g/mol. The summed E-state index contributed by atoms with van der Waals surface area (Å²) in [7, 11) is 0. The van der Waals surface area contributed by atoms with E-state index in [9.17, 15) is 4.79 Å². The van der Waals surface area contributed by atoms with E-state index in [2.05, 4.69) is 53.0 Å². The molecule has 1 atom stereocenters. The topological polar surface area (TPSA) is 74.5 Å². The fourth-order valence-corrected chi connectivity index (χ4v) is 3.91. The maximum absolute atomic E-state index is 12.5. The minimum absolute atomic E-state index is 0.0226. The number of hydrogen-bond acceptors (Lipinski definition) is 6. The Hall–Kier alpha value is -3.03. The van der Waals surface area contributed by atoms with Gasteiger partial charge in [0.15, 0.2) is 0 Å². The molecule has 0 saturated carbocycles. The van der Waals surface area contributed by atoms with Gasteiger partial charge in [-0.15, -0.1) is 0 Å². The van der Waals surface area contributed by atoms with Crippen molar-refractivity contribution >= 4 is 11.6 Å². The van der Waals surface area contributed by atoms with Crippen LogP contribution < -0.4 is 5.32 Å². The zero-order valence-corrected chi connectivity index (χ0v) is 19.3. The summed E-state index contributed by atoms with van der Waals surface area (Å²) in [6.07, 6.45) is 0. The number of benzene rings is 2. The molecule has 1 aromatic heterocycles. The van der Waals surface area contributed by atoms with Crippen LogP contribution in [-0.2, 0) is 4.79 Å². The van der Waals surface area contributed by atoms with Gasteiger partial charge in [-0.2, -0.15) is 4.98 Å². The van der Waals surface area contributed by atoms with Crippen molar-refractivity contribution < 1.29 is 9.32 Å². The number of aryl methyl sites for hydroxylation is 3. The number of hydrogen-bond donors (Lipinski definition) is 1. The number of anilines is 1. The van der Waals surface area contributed by atoms with Crippen molar-refractivity contribution in [2.75, 3.05) is 38.0 Å². The molecule has 1 aliphatic rings. The van der Waals surface area contributed by atoms with Gasteiger partial charge in [0, 0.05) is 37.4 Å². The summed E-state index contributed by atoms with van der Waals surface area (Å²) in [5.74, 6) is 1.27. The second-order valence-electron chi connectivity index (χ2n) is 8.66. The maximum Gasteiger partial charge on any atom is 0.244 e. The molecule has 3 aromatic rings. The smallest absolute Gasteiger partial charge is 0.244 e. The standard InChI is InChI=1S/C25H31N5O2/c1-17-5-8-21(9-6-17)24-27-25(32-28-24)20(4)30-13-11-29(12-14-30)16-23(31)26-22-10-7-18(2)19(3)15-22/h5-10,15,20H,11-14,16H2,1-4H3,(H,26,31). The molecule has 1 aliphatic heterocycles. The summed E-state index contributed by atoms with van der Waals surface area (Å²) < 4.78 is 5.56. The van der Waals surface area contributed by atoms with Crippen LogP contribution >= 0.6 is 0 Å². The van der Waals surface area contributed by atoms with Gasteiger partial charge in [0.05, 0.1) is 12.6 Å². The summed E-state index contributed by atoms with van der Waals surface area (Å²) >= 11 is 0. The molecule has 0 aliphatic carbocycles. The lowest BCUT2D eigenvalue weighted by Gasteiger charge is -2.36. The van der Waals surface area contributed by atoms with Gasteiger partial charge >= 0.3 is 0 Å². The van der Waals surface area contributed by atoms with Crippen LogP contribution in [0.4, 0.5) is 5.69 Å². The molecule has 4 rings (SSSR count). The zero-order chi connectivity index (χ0) is 22.7. The number of amides is 1. The van der Waals surface area contributed by atoms with Crippen molar-refractivity contribution in [3.05, 3.63) is 65.0 Å². The maximum atomic E-state index is 12.5. The molecule has 32 heavy (non-hydrogen) atoms. The molecule has 0 radical (unpaired) electrons. The zero-order valence-electron chi connectivity index (χ0n) is 19.3. The van der Waals surface area contributed by atoms with Crippen LogP contribution in [0.15, 0.2) is 47.0 Å². The van der Waals surface area contributed by atoms with E-state index in [0.717, 1.165) is 37.4 Å². The minimum Gasteiger partial charge on any atom is -0.337 e. The van der Waals surface area contributed by atoms with Crippen molar-refractivity contribution in [2.24, 2.45) is 0 Å². The lowest BCUT2D eigenvalue weighted by molar-refractivity contribution is -0.117. The van der Waals surface area contributed by atoms with E-state index >= 15 is 0 Å². The van der Waals surface area contributed by atoms with Crippen LogP contribution in [0.2, 0.25) is 0 Å². The molecule has 168 valence electrons. The molecule has 7 heteroatoms. The highest BCUT2D eigenvalue weighted by atomic mass is 16.5. The molecular formula is C25H31N5O2. The van der Waals surface area contributed by atoms with Crippen LogP contribution in [0.25, 0.3) is 11.4 Å². The van der Waals surface area contributed by atoms with Crippen molar-refractivity contribution in [3.8, 4) is 11.4 Å². The van der Waals surface area contributed by atoms with Crippen LogP contribution in [0.1, 0.15) is 35.5 Å². The molecule has 2 heterocycles. The van der Waals surface area contributed by atoms with Crippen LogP contribution in [0, 0.1) is 20.8 Å². The number of carbonyl (C=O) groups is 1. The van der Waals surface area contributed by atoms with E-state index in [0.29, 0.717) is 18.3 Å². The number of nitrogens with zero attached hydrogens (tertiary/aromatic N) is 4. The van der Waals surface area contributed by atoms with Crippen LogP contribution in [-0.4, -0.2) is 58.6 Å². The first kappa shape index (κ1) is 22.2. The molecule has 1 amide bonds. The van der Waals surface area contributed by atoms with Crippen molar-refractivity contribution in [2.45, 2.75) is 33.7 Å². The number of rotatable bonds is 6. The summed E-state index contributed by atoms with van der Waals surface area (Å²) in [4.78, 5) is 21.6. The van der Waals surface area contributed by atoms with Gasteiger partial charge in [-0.05, 0) is 51.0 Å². The third-order valence-corrected chi connectivity index (χ3v) is 6.22. The second-order valence-corrected chi connectivity index (χ2v) is 8.66. The first-order chi connectivity index (χ1) is 15.4. The fraction of sp³-hybridized carbons (Fsp3) is 0.400. The highest BCUT2D eigenvalue weighted by Crippen LogP contribution is 2.24. The van der Waals surface area contributed by atoms with Gasteiger partial charge in [-0.1, -0.05) is 41.1 Å². The van der Waals surface area contributed by atoms with Gasteiger partial charge in [0.25, 0.3) is 0 Å². The summed E-state index contributed by atoms with van der Waals surface area (Å²) in [5.41, 5.74) is 5.41. The molecule has 0 spiro atoms. The Morgan fingerprint density at radius 3 is 2.44 bits per heavy atom. The third kappa shape index (κ3) is 5.23. The number of aromatic nitrogens is 2. The minimum atomic E-state index is 0.0226.